The summed E-state index contributed by atoms with van der Waals surface area (Å²) in [6, 6.07) is 8.95. The molecule has 0 saturated heterocycles. The Balaban J connectivity index is 2.09. The monoisotopic (exact) mass is 445 g/mol. The van der Waals surface area contributed by atoms with E-state index in [0.29, 0.717) is 30.4 Å². The highest BCUT2D eigenvalue weighted by atomic mass is 16.6. The summed E-state index contributed by atoms with van der Waals surface area (Å²) in [6.07, 6.45) is 0. The number of nitro groups is 1. The van der Waals surface area contributed by atoms with Crippen molar-refractivity contribution in [3.63, 3.8) is 0 Å². The normalized spacial score (nSPS) is 10.2. The van der Waals surface area contributed by atoms with Crippen LogP contribution in [0.5, 0.6) is 17.2 Å². The second-order valence-corrected chi connectivity index (χ2v) is 6.61. The Hall–Kier alpha value is -3.82. The van der Waals surface area contributed by atoms with E-state index < -0.39 is 16.7 Å². The largest absolute Gasteiger partial charge is 0.490 e. The summed E-state index contributed by atoms with van der Waals surface area (Å²) >= 11 is 0. The second-order valence-electron chi connectivity index (χ2n) is 6.61. The van der Waals surface area contributed by atoms with Crippen LogP contribution in [0.1, 0.15) is 31.1 Å². The Morgan fingerprint density at radius 2 is 1.53 bits per heavy atom. The van der Waals surface area contributed by atoms with Crippen molar-refractivity contribution in [3.05, 3.63) is 52.1 Å². The van der Waals surface area contributed by atoms with Crippen LogP contribution in [0.15, 0.2) is 36.4 Å². The fourth-order valence-corrected chi connectivity index (χ4v) is 2.91. The van der Waals surface area contributed by atoms with Crippen molar-refractivity contribution in [2.75, 3.05) is 38.7 Å². The number of rotatable bonds is 11. The number of hydrogen-bond acceptors (Lipinski definition) is 7. The molecule has 0 radical (unpaired) electrons. The van der Waals surface area contributed by atoms with Crippen LogP contribution in [-0.4, -0.2) is 55.1 Å². The minimum Gasteiger partial charge on any atom is -0.490 e. The quantitative estimate of drug-likeness (QED) is 0.415. The first-order chi connectivity index (χ1) is 15.3. The molecule has 2 aromatic carbocycles. The van der Waals surface area contributed by atoms with E-state index in [1.807, 2.05) is 13.8 Å². The molecule has 0 heterocycles. The first kappa shape index (κ1) is 24.4. The number of carbonyl (C=O) groups excluding carboxylic acids is 2. The van der Waals surface area contributed by atoms with Crippen LogP contribution in [-0.2, 0) is 4.79 Å². The number of anilines is 1. The Morgan fingerprint density at radius 3 is 2.16 bits per heavy atom. The Morgan fingerprint density at radius 1 is 0.938 bits per heavy atom. The molecule has 2 rings (SSSR count). The van der Waals surface area contributed by atoms with E-state index in [-0.39, 0.29) is 30.2 Å². The average Bonchev–Trinajstić information content (AvgIpc) is 2.75. The van der Waals surface area contributed by atoms with Crippen LogP contribution < -0.4 is 19.5 Å². The molecule has 0 bridgehead atoms. The number of nitro benzene ring substituents is 1. The smallest absolute Gasteiger partial charge is 0.311 e. The number of ether oxygens (including phenoxy) is 3. The number of hydrogen-bond donors (Lipinski definition) is 1. The topological polar surface area (TPSA) is 120 Å². The van der Waals surface area contributed by atoms with Crippen molar-refractivity contribution in [1.29, 1.82) is 0 Å². The third-order valence-electron chi connectivity index (χ3n) is 4.26. The van der Waals surface area contributed by atoms with Crippen molar-refractivity contribution >= 4 is 23.2 Å². The van der Waals surface area contributed by atoms with E-state index in [9.17, 15) is 19.7 Å². The second kappa shape index (κ2) is 11.5. The van der Waals surface area contributed by atoms with Gasteiger partial charge < -0.3 is 24.4 Å². The molecular weight excluding hydrogens is 418 g/mol. The van der Waals surface area contributed by atoms with Crippen molar-refractivity contribution in [2.24, 2.45) is 0 Å². The van der Waals surface area contributed by atoms with Gasteiger partial charge in [-0.1, -0.05) is 0 Å². The first-order valence-corrected chi connectivity index (χ1v) is 10.2. The van der Waals surface area contributed by atoms with Gasteiger partial charge in [-0.2, -0.15) is 0 Å². The minimum atomic E-state index is -0.615. The zero-order valence-corrected chi connectivity index (χ0v) is 18.5. The van der Waals surface area contributed by atoms with Crippen LogP contribution in [0.4, 0.5) is 11.4 Å². The molecule has 172 valence electrons. The maximum Gasteiger partial charge on any atom is 0.311 e. The van der Waals surface area contributed by atoms with E-state index in [1.54, 1.807) is 25.1 Å². The molecular formula is C22H27N3O7. The molecule has 2 aromatic rings. The summed E-state index contributed by atoms with van der Waals surface area (Å²) < 4.78 is 16.3. The Labute approximate surface area is 186 Å². The lowest BCUT2D eigenvalue weighted by molar-refractivity contribution is -0.385. The first-order valence-electron chi connectivity index (χ1n) is 10.2. The molecule has 0 aromatic heterocycles. The highest BCUT2D eigenvalue weighted by Crippen LogP contribution is 2.31. The van der Waals surface area contributed by atoms with Crippen LogP contribution in [0.3, 0.4) is 0 Å². The number of carbonyl (C=O) groups is 2. The van der Waals surface area contributed by atoms with Gasteiger partial charge in [-0.15, -0.1) is 0 Å². The molecule has 1 N–H and O–H groups in total. The Kier molecular flexibility index (Phi) is 8.82. The number of likely N-dealkylation sites (N-methyl/N-ethyl adjacent to an activating group) is 1. The number of nitrogens with one attached hydrogen (secondary N) is 1. The number of benzene rings is 2. The van der Waals surface area contributed by atoms with Crippen molar-refractivity contribution in [3.8, 4) is 17.2 Å². The third-order valence-corrected chi connectivity index (χ3v) is 4.26. The lowest BCUT2D eigenvalue weighted by Crippen LogP contribution is -2.35. The van der Waals surface area contributed by atoms with Gasteiger partial charge in [0.15, 0.2) is 17.2 Å². The van der Waals surface area contributed by atoms with Crippen molar-refractivity contribution in [2.45, 2.75) is 20.8 Å². The van der Waals surface area contributed by atoms with Gasteiger partial charge in [-0.3, -0.25) is 19.7 Å². The molecule has 0 aliphatic carbocycles. The highest BCUT2D eigenvalue weighted by molar-refractivity contribution is 5.99. The molecule has 0 aliphatic rings. The van der Waals surface area contributed by atoms with Gasteiger partial charge in [-0.05, 0) is 45.0 Å². The van der Waals surface area contributed by atoms with Gasteiger partial charge in [0.1, 0.15) is 0 Å². The van der Waals surface area contributed by atoms with Crippen molar-refractivity contribution in [1.82, 2.24) is 4.90 Å². The Bertz CT molecular complexity index is 978. The highest BCUT2D eigenvalue weighted by Gasteiger charge is 2.21. The molecule has 0 fully saturated rings. The average molecular weight is 445 g/mol. The zero-order valence-electron chi connectivity index (χ0n) is 18.5. The van der Waals surface area contributed by atoms with Crippen LogP contribution in [0.2, 0.25) is 0 Å². The van der Waals surface area contributed by atoms with Gasteiger partial charge in [0.05, 0.1) is 31.3 Å². The predicted octanol–water partition coefficient (Wildman–Crippen LogP) is 3.50. The van der Waals surface area contributed by atoms with Crippen LogP contribution in [0.25, 0.3) is 0 Å². The van der Waals surface area contributed by atoms with Gasteiger partial charge in [0.2, 0.25) is 5.91 Å². The predicted molar refractivity (Wildman–Crippen MR) is 119 cm³/mol. The van der Waals surface area contributed by atoms with E-state index in [2.05, 4.69) is 5.32 Å². The molecule has 10 heteroatoms. The number of nitrogens with zero attached hydrogens (tertiary/aromatic N) is 2. The van der Waals surface area contributed by atoms with Gasteiger partial charge in [0.25, 0.3) is 5.91 Å². The maximum atomic E-state index is 12.7. The lowest BCUT2D eigenvalue weighted by atomic mass is 10.1. The van der Waals surface area contributed by atoms with Gasteiger partial charge in [-0.25, -0.2) is 0 Å². The molecule has 2 amide bonds. The lowest BCUT2D eigenvalue weighted by Gasteiger charge is -2.18. The van der Waals surface area contributed by atoms with Gasteiger partial charge >= 0.3 is 5.69 Å². The molecule has 0 saturated carbocycles. The number of amides is 2. The molecule has 10 nitrogen and oxygen atoms in total. The van der Waals surface area contributed by atoms with Crippen LogP contribution >= 0.6 is 0 Å². The zero-order chi connectivity index (χ0) is 23.7. The summed E-state index contributed by atoms with van der Waals surface area (Å²) in [5, 5.41) is 14.0. The SMILES string of the molecule is CCOc1ccc(NC(=O)CN(C)C(=O)c2ccc(OCC)c([N+](=O)[O-])c2)cc1OCC. The molecule has 32 heavy (non-hydrogen) atoms. The van der Waals surface area contributed by atoms with Gasteiger partial charge in [0, 0.05) is 30.4 Å². The van der Waals surface area contributed by atoms with E-state index in [1.165, 1.54) is 24.1 Å². The molecule has 0 aliphatic heterocycles. The molecule has 0 unspecified atom stereocenters. The summed E-state index contributed by atoms with van der Waals surface area (Å²) in [5.41, 5.74) is 0.253. The maximum absolute atomic E-state index is 12.7. The fourth-order valence-electron chi connectivity index (χ4n) is 2.91. The van der Waals surface area contributed by atoms with Crippen LogP contribution in [0, 0.1) is 10.1 Å². The fraction of sp³-hybridized carbons (Fsp3) is 0.364. The van der Waals surface area contributed by atoms with E-state index in [0.717, 1.165) is 6.07 Å². The summed E-state index contributed by atoms with van der Waals surface area (Å²) in [7, 11) is 1.44. The molecule has 0 spiro atoms. The standard InChI is InChI=1S/C22H27N3O7/c1-5-30-18-10-8-15(12-17(18)25(28)29)22(27)24(4)14-21(26)23-16-9-11-19(31-6-2)20(13-16)32-7-3/h8-13H,5-7,14H2,1-4H3,(H,23,26). The minimum absolute atomic E-state index is 0.0787. The summed E-state index contributed by atoms with van der Waals surface area (Å²) in [4.78, 5) is 37.0. The van der Waals surface area contributed by atoms with E-state index >= 15 is 0 Å². The third kappa shape index (κ3) is 6.34. The van der Waals surface area contributed by atoms with E-state index in [4.69, 9.17) is 14.2 Å². The molecule has 0 atom stereocenters. The summed E-state index contributed by atoms with van der Waals surface area (Å²) in [5.74, 6) is 0.172. The summed E-state index contributed by atoms with van der Waals surface area (Å²) in [6.45, 7) is 6.31. The van der Waals surface area contributed by atoms with Crippen molar-refractivity contribution < 1.29 is 28.7 Å².